The Hall–Kier alpha value is -2.01. The quantitative estimate of drug-likeness (QED) is 0.942. The molecule has 1 atom stereocenters. The molecular weight excluding hydrogens is 286 g/mol. The predicted octanol–water partition coefficient (Wildman–Crippen LogP) is 2.58. The summed E-state index contributed by atoms with van der Waals surface area (Å²) in [7, 11) is -1.15. The van der Waals surface area contributed by atoms with Gasteiger partial charge in [-0.25, -0.2) is 4.79 Å². The second-order valence-corrected chi connectivity index (χ2v) is 6.57. The van der Waals surface area contributed by atoms with Gasteiger partial charge in [0.05, 0.1) is 27.8 Å². The summed E-state index contributed by atoms with van der Waals surface area (Å²) in [5.74, 6) is -0.701. The molecule has 0 saturated carbocycles. The van der Waals surface area contributed by atoms with Crippen LogP contribution in [0.3, 0.4) is 0 Å². The number of hydrogen-bond donors (Lipinski definition) is 1. The Labute approximate surface area is 125 Å². The van der Waals surface area contributed by atoms with Gasteiger partial charge >= 0.3 is 5.97 Å². The number of aromatic carboxylic acids is 1. The molecule has 1 aliphatic rings. The lowest BCUT2D eigenvalue weighted by Gasteiger charge is -2.05. The van der Waals surface area contributed by atoms with Crippen molar-refractivity contribution >= 4 is 16.8 Å². The molecule has 0 saturated heterocycles. The van der Waals surface area contributed by atoms with Gasteiger partial charge in [-0.3, -0.25) is 9.19 Å². The fraction of sp³-hybridized carbons (Fsp3) is 0.250. The predicted molar refractivity (Wildman–Crippen MR) is 79.8 cm³/mol. The van der Waals surface area contributed by atoms with Crippen LogP contribution in [0.2, 0.25) is 0 Å². The van der Waals surface area contributed by atoms with E-state index in [2.05, 4.69) is 11.1 Å². The van der Waals surface area contributed by atoms with E-state index in [9.17, 15) is 9.00 Å². The number of pyridine rings is 1. The Morgan fingerprint density at radius 2 is 2.00 bits per heavy atom. The molecule has 0 aliphatic heterocycles. The summed E-state index contributed by atoms with van der Waals surface area (Å²) in [6, 6.07) is 9.13. The summed E-state index contributed by atoms with van der Waals surface area (Å²) >= 11 is 0. The second kappa shape index (κ2) is 5.77. The zero-order valence-electron chi connectivity index (χ0n) is 11.4. The average molecular weight is 301 g/mol. The van der Waals surface area contributed by atoms with E-state index in [4.69, 9.17) is 5.11 Å². The van der Waals surface area contributed by atoms with Gasteiger partial charge in [-0.1, -0.05) is 6.07 Å². The van der Waals surface area contributed by atoms with E-state index in [-0.39, 0.29) is 5.56 Å². The van der Waals surface area contributed by atoms with Crippen LogP contribution in [-0.2, 0) is 29.4 Å². The van der Waals surface area contributed by atoms with Crippen LogP contribution in [0.5, 0.6) is 0 Å². The molecule has 1 N–H and O–H groups in total. The maximum atomic E-state index is 12.4. The molecule has 2 aromatic rings. The Morgan fingerprint density at radius 3 is 2.71 bits per heavy atom. The van der Waals surface area contributed by atoms with Gasteiger partial charge < -0.3 is 5.11 Å². The summed E-state index contributed by atoms with van der Waals surface area (Å²) in [5.41, 5.74) is 3.44. The Bertz CT molecular complexity index is 710. The van der Waals surface area contributed by atoms with E-state index in [1.165, 1.54) is 29.8 Å². The van der Waals surface area contributed by atoms with Crippen molar-refractivity contribution in [1.82, 2.24) is 4.98 Å². The highest BCUT2D eigenvalue weighted by Gasteiger charge is 2.14. The van der Waals surface area contributed by atoms with Crippen molar-refractivity contribution in [2.45, 2.75) is 29.9 Å². The van der Waals surface area contributed by atoms with Crippen molar-refractivity contribution in [2.75, 3.05) is 0 Å². The zero-order chi connectivity index (χ0) is 14.8. The molecule has 0 fully saturated rings. The molecule has 0 radical (unpaired) electrons. The Kier molecular flexibility index (Phi) is 3.84. The van der Waals surface area contributed by atoms with Crippen LogP contribution in [0.25, 0.3) is 0 Å². The number of aromatic nitrogens is 1. The molecule has 1 unspecified atom stereocenters. The third kappa shape index (κ3) is 3.03. The molecule has 1 aromatic heterocycles. The molecule has 0 amide bonds. The van der Waals surface area contributed by atoms with Crippen molar-refractivity contribution in [2.24, 2.45) is 0 Å². The van der Waals surface area contributed by atoms with Gasteiger partial charge in [0, 0.05) is 11.1 Å². The summed E-state index contributed by atoms with van der Waals surface area (Å²) in [4.78, 5) is 15.6. The van der Waals surface area contributed by atoms with Gasteiger partial charge in [-0.2, -0.15) is 0 Å². The van der Waals surface area contributed by atoms with Gasteiger partial charge in [0.1, 0.15) is 0 Å². The van der Waals surface area contributed by atoms with Gasteiger partial charge in [-0.05, 0) is 54.7 Å². The zero-order valence-corrected chi connectivity index (χ0v) is 12.2. The molecule has 1 aliphatic carbocycles. The molecule has 1 aromatic carbocycles. The summed E-state index contributed by atoms with van der Waals surface area (Å²) in [6.45, 7) is 0. The van der Waals surface area contributed by atoms with E-state index in [1.54, 1.807) is 6.07 Å². The van der Waals surface area contributed by atoms with Gasteiger partial charge in [-0.15, -0.1) is 0 Å². The second-order valence-electron chi connectivity index (χ2n) is 5.12. The van der Waals surface area contributed by atoms with Gasteiger partial charge in [0.15, 0.2) is 0 Å². The maximum absolute atomic E-state index is 12.4. The number of nitrogens with zero attached hydrogens (tertiary/aromatic N) is 1. The summed E-state index contributed by atoms with van der Waals surface area (Å²) in [5, 5.41) is 8.83. The molecule has 3 rings (SSSR count). The van der Waals surface area contributed by atoms with E-state index in [1.807, 2.05) is 12.1 Å². The third-order valence-corrected chi connectivity index (χ3v) is 5.02. The van der Waals surface area contributed by atoms with Crippen molar-refractivity contribution < 1.29 is 14.1 Å². The Balaban J connectivity index is 1.75. The number of carboxylic acid groups (broad SMARTS) is 1. The SMILES string of the molecule is O=C(O)c1ccc(CS(=O)c2ccc3c(c2)CCC3)nc1. The fourth-order valence-corrected chi connectivity index (χ4v) is 3.64. The van der Waals surface area contributed by atoms with E-state index in [0.29, 0.717) is 11.4 Å². The van der Waals surface area contributed by atoms with Crippen molar-refractivity contribution in [1.29, 1.82) is 0 Å². The highest BCUT2D eigenvalue weighted by Crippen LogP contribution is 2.24. The molecule has 0 bridgehead atoms. The lowest BCUT2D eigenvalue weighted by Crippen LogP contribution is -2.02. The number of fused-ring (bicyclic) bond motifs is 1. The highest BCUT2D eigenvalue weighted by molar-refractivity contribution is 7.84. The highest BCUT2D eigenvalue weighted by atomic mass is 32.2. The third-order valence-electron chi connectivity index (χ3n) is 3.68. The summed E-state index contributed by atoms with van der Waals surface area (Å²) in [6.07, 6.45) is 4.65. The first-order valence-corrected chi connectivity index (χ1v) is 8.14. The van der Waals surface area contributed by atoms with E-state index < -0.39 is 16.8 Å². The van der Waals surface area contributed by atoms with Crippen LogP contribution >= 0.6 is 0 Å². The lowest BCUT2D eigenvalue weighted by molar-refractivity contribution is 0.0696. The van der Waals surface area contributed by atoms with Crippen molar-refractivity contribution in [3.05, 3.63) is 58.9 Å². The van der Waals surface area contributed by atoms with Crippen LogP contribution < -0.4 is 0 Å². The minimum absolute atomic E-state index is 0.141. The van der Waals surface area contributed by atoms with Crippen LogP contribution in [0.1, 0.15) is 33.6 Å². The number of carboxylic acids is 1. The van der Waals surface area contributed by atoms with Crippen molar-refractivity contribution in [3.8, 4) is 0 Å². The normalized spacial score (nSPS) is 14.7. The Morgan fingerprint density at radius 1 is 1.19 bits per heavy atom. The van der Waals surface area contributed by atoms with Crippen LogP contribution in [0.15, 0.2) is 41.4 Å². The maximum Gasteiger partial charge on any atom is 0.337 e. The number of hydrogen-bond acceptors (Lipinski definition) is 3. The molecule has 21 heavy (non-hydrogen) atoms. The molecule has 108 valence electrons. The largest absolute Gasteiger partial charge is 0.478 e. The fourth-order valence-electron chi connectivity index (χ4n) is 2.54. The number of rotatable bonds is 4. The minimum atomic E-state index is -1.15. The van der Waals surface area contributed by atoms with Crippen LogP contribution in [0.4, 0.5) is 0 Å². The van der Waals surface area contributed by atoms with Gasteiger partial charge in [0.2, 0.25) is 0 Å². The monoisotopic (exact) mass is 301 g/mol. The molecule has 5 heteroatoms. The molecule has 1 heterocycles. The minimum Gasteiger partial charge on any atom is -0.478 e. The molecule has 0 spiro atoms. The number of aryl methyl sites for hydroxylation is 2. The van der Waals surface area contributed by atoms with Gasteiger partial charge in [0.25, 0.3) is 0 Å². The first-order chi connectivity index (χ1) is 10.1. The van der Waals surface area contributed by atoms with Crippen LogP contribution in [-0.4, -0.2) is 20.3 Å². The van der Waals surface area contributed by atoms with Crippen LogP contribution in [0, 0.1) is 0 Å². The topological polar surface area (TPSA) is 67.3 Å². The van der Waals surface area contributed by atoms with Crippen molar-refractivity contribution in [3.63, 3.8) is 0 Å². The van der Waals surface area contributed by atoms with E-state index >= 15 is 0 Å². The number of carbonyl (C=O) groups is 1. The summed E-state index contributed by atoms with van der Waals surface area (Å²) < 4.78 is 12.4. The molecular formula is C16H15NO3S. The first kappa shape index (κ1) is 13.9. The average Bonchev–Trinajstić information content (AvgIpc) is 2.95. The number of benzene rings is 1. The first-order valence-electron chi connectivity index (χ1n) is 6.82. The standard InChI is InChI=1S/C16H15NO3S/c18-16(19)13-4-6-14(17-9-13)10-21(20)15-7-5-11-2-1-3-12(11)8-15/h4-9H,1-3,10H2,(H,18,19). The smallest absolute Gasteiger partial charge is 0.337 e. The molecule has 4 nitrogen and oxygen atoms in total. The van der Waals surface area contributed by atoms with E-state index in [0.717, 1.165) is 17.7 Å². The lowest BCUT2D eigenvalue weighted by atomic mass is 10.1.